The maximum Gasteiger partial charge on any atom is 0.306 e. The third-order valence-corrected chi connectivity index (χ3v) is 6.89. The summed E-state index contributed by atoms with van der Waals surface area (Å²) in [5.74, 6) is -0.564. The summed E-state index contributed by atoms with van der Waals surface area (Å²) in [6.07, 6.45) is 3.01. The smallest absolute Gasteiger partial charge is 0.306 e. The lowest BCUT2D eigenvalue weighted by Gasteiger charge is -2.51. The number of carbonyl (C=O) groups is 2. The molecular formula is C26H29Cl2NO3. The quantitative estimate of drug-likeness (QED) is 0.336. The predicted molar refractivity (Wildman–Crippen MR) is 129 cm³/mol. The Hall–Kier alpha value is -2.30. The molecule has 0 bridgehead atoms. The average molecular weight is 474 g/mol. The molecule has 0 spiro atoms. The van der Waals surface area contributed by atoms with Gasteiger partial charge in [-0.2, -0.15) is 0 Å². The first kappa shape index (κ1) is 24.3. The van der Waals surface area contributed by atoms with Crippen molar-refractivity contribution >= 4 is 35.1 Å². The Kier molecular flexibility index (Phi) is 7.68. The highest BCUT2D eigenvalue weighted by atomic mass is 35.5. The molecule has 1 heterocycles. The highest BCUT2D eigenvalue weighted by Gasteiger charge is 2.52. The molecule has 0 radical (unpaired) electrons. The number of likely N-dealkylation sites (tertiary alicyclic amines) is 1. The van der Waals surface area contributed by atoms with E-state index in [2.05, 4.69) is 6.58 Å². The van der Waals surface area contributed by atoms with Crippen molar-refractivity contribution in [3.05, 3.63) is 82.4 Å². The Morgan fingerprint density at radius 1 is 1.22 bits per heavy atom. The summed E-state index contributed by atoms with van der Waals surface area (Å²) in [5, 5.41) is 1.26. The van der Waals surface area contributed by atoms with Crippen molar-refractivity contribution in [3.8, 4) is 0 Å². The molecule has 4 unspecified atom stereocenters. The summed E-state index contributed by atoms with van der Waals surface area (Å²) in [6.45, 7) is 7.87. The predicted octanol–water partition coefficient (Wildman–Crippen LogP) is 6.58. The van der Waals surface area contributed by atoms with Gasteiger partial charge in [-0.25, -0.2) is 0 Å². The minimum absolute atomic E-state index is 0.0107. The van der Waals surface area contributed by atoms with Crippen molar-refractivity contribution < 1.29 is 14.3 Å². The Morgan fingerprint density at radius 2 is 1.91 bits per heavy atom. The van der Waals surface area contributed by atoms with Gasteiger partial charge in [0.1, 0.15) is 0 Å². The van der Waals surface area contributed by atoms with Gasteiger partial charge in [0.05, 0.1) is 31.0 Å². The van der Waals surface area contributed by atoms with Crippen LogP contribution in [-0.4, -0.2) is 29.9 Å². The molecule has 4 nitrogen and oxygen atoms in total. The van der Waals surface area contributed by atoms with Gasteiger partial charge in [0.2, 0.25) is 5.91 Å². The number of halogens is 2. The van der Waals surface area contributed by atoms with Gasteiger partial charge in [-0.05, 0) is 48.2 Å². The fourth-order valence-corrected chi connectivity index (χ4v) is 5.10. The van der Waals surface area contributed by atoms with Crippen LogP contribution >= 0.6 is 23.2 Å². The van der Waals surface area contributed by atoms with E-state index in [-0.39, 0.29) is 30.3 Å². The number of hydrogen-bond acceptors (Lipinski definition) is 3. The molecule has 3 rings (SSSR count). The third kappa shape index (κ3) is 4.87. The van der Waals surface area contributed by atoms with Crippen molar-refractivity contribution in [2.75, 3.05) is 7.11 Å². The van der Waals surface area contributed by atoms with Crippen LogP contribution in [0.15, 0.2) is 61.2 Å². The molecule has 32 heavy (non-hydrogen) atoms. The molecule has 1 aliphatic rings. The van der Waals surface area contributed by atoms with Gasteiger partial charge < -0.3 is 9.64 Å². The van der Waals surface area contributed by atoms with Crippen molar-refractivity contribution in [1.29, 1.82) is 0 Å². The van der Waals surface area contributed by atoms with Crippen molar-refractivity contribution in [2.24, 2.45) is 5.41 Å². The van der Waals surface area contributed by atoms with E-state index in [0.29, 0.717) is 22.9 Å². The Balaban J connectivity index is 2.22. The fraction of sp³-hybridized carbons (Fsp3) is 0.385. The molecule has 2 aromatic carbocycles. The zero-order valence-electron chi connectivity index (χ0n) is 18.7. The second kappa shape index (κ2) is 10.1. The molecule has 1 amide bonds. The van der Waals surface area contributed by atoms with E-state index < -0.39 is 11.4 Å². The lowest BCUT2D eigenvalue weighted by Crippen LogP contribution is -2.55. The number of hydrogen-bond donors (Lipinski definition) is 0. The van der Waals surface area contributed by atoms with Crippen LogP contribution in [-0.2, 0) is 14.3 Å². The van der Waals surface area contributed by atoms with Crippen LogP contribution in [0.5, 0.6) is 0 Å². The van der Waals surface area contributed by atoms with Crippen molar-refractivity contribution in [3.63, 3.8) is 0 Å². The molecule has 170 valence electrons. The topological polar surface area (TPSA) is 46.6 Å². The maximum absolute atomic E-state index is 14.0. The van der Waals surface area contributed by atoms with Gasteiger partial charge in [-0.1, -0.05) is 67.4 Å². The summed E-state index contributed by atoms with van der Waals surface area (Å²) in [5.41, 5.74) is 1.08. The van der Waals surface area contributed by atoms with Gasteiger partial charge in [-0.15, -0.1) is 6.58 Å². The number of piperidine rings is 1. The van der Waals surface area contributed by atoms with E-state index in [0.717, 1.165) is 11.1 Å². The lowest BCUT2D eigenvalue weighted by atomic mass is 9.67. The SMILES string of the molecule is C=CC(CC)N1C(=O)C(C)(CC(=O)OC)CC(c2cccc(Cl)c2)C1c1ccc(Cl)cc1. The number of carbonyl (C=O) groups excluding carboxylic acids is 2. The normalized spacial score (nSPS) is 24.2. The summed E-state index contributed by atoms with van der Waals surface area (Å²) in [7, 11) is 1.35. The van der Waals surface area contributed by atoms with Crippen LogP contribution in [0.25, 0.3) is 0 Å². The Labute approximate surface area is 200 Å². The van der Waals surface area contributed by atoms with Crippen LogP contribution in [0.1, 0.15) is 56.2 Å². The fourth-order valence-electron chi connectivity index (χ4n) is 4.78. The van der Waals surface area contributed by atoms with Gasteiger partial charge in [-0.3, -0.25) is 9.59 Å². The molecular weight excluding hydrogens is 445 g/mol. The lowest BCUT2D eigenvalue weighted by molar-refractivity contribution is -0.160. The first-order chi connectivity index (χ1) is 15.2. The van der Waals surface area contributed by atoms with Crippen LogP contribution in [0.4, 0.5) is 0 Å². The van der Waals surface area contributed by atoms with Crippen molar-refractivity contribution in [2.45, 2.75) is 51.1 Å². The number of esters is 1. The van der Waals surface area contributed by atoms with E-state index in [1.807, 2.05) is 67.3 Å². The first-order valence-electron chi connectivity index (χ1n) is 10.8. The summed E-state index contributed by atoms with van der Waals surface area (Å²) in [6, 6.07) is 14.9. The first-order valence-corrected chi connectivity index (χ1v) is 11.5. The minimum Gasteiger partial charge on any atom is -0.469 e. The van der Waals surface area contributed by atoms with Crippen LogP contribution in [0.2, 0.25) is 10.0 Å². The number of ether oxygens (including phenoxy) is 1. The van der Waals surface area contributed by atoms with Gasteiger partial charge in [0.25, 0.3) is 0 Å². The van der Waals surface area contributed by atoms with Crippen LogP contribution in [0, 0.1) is 5.41 Å². The van der Waals surface area contributed by atoms with Crippen LogP contribution in [0.3, 0.4) is 0 Å². The van der Waals surface area contributed by atoms with E-state index in [1.54, 1.807) is 6.08 Å². The van der Waals surface area contributed by atoms with E-state index >= 15 is 0 Å². The van der Waals surface area contributed by atoms with E-state index in [1.165, 1.54) is 7.11 Å². The molecule has 2 aromatic rings. The molecule has 0 aliphatic carbocycles. The Morgan fingerprint density at radius 3 is 2.47 bits per heavy atom. The number of rotatable bonds is 7. The largest absolute Gasteiger partial charge is 0.469 e. The zero-order chi connectivity index (χ0) is 23.5. The number of nitrogens with zero attached hydrogens (tertiary/aromatic N) is 1. The highest BCUT2D eigenvalue weighted by Crippen LogP contribution is 2.52. The van der Waals surface area contributed by atoms with E-state index in [9.17, 15) is 9.59 Å². The minimum atomic E-state index is -0.917. The van der Waals surface area contributed by atoms with Gasteiger partial charge >= 0.3 is 5.97 Å². The second-order valence-corrected chi connectivity index (χ2v) is 9.47. The molecule has 1 aliphatic heterocycles. The number of benzene rings is 2. The van der Waals surface area contributed by atoms with Gasteiger partial charge in [0.15, 0.2) is 0 Å². The van der Waals surface area contributed by atoms with Gasteiger partial charge in [0, 0.05) is 16.0 Å². The monoisotopic (exact) mass is 473 g/mol. The Bertz CT molecular complexity index is 991. The highest BCUT2D eigenvalue weighted by molar-refractivity contribution is 6.30. The number of amides is 1. The average Bonchev–Trinajstić information content (AvgIpc) is 2.78. The molecule has 4 atom stereocenters. The summed E-state index contributed by atoms with van der Waals surface area (Å²) < 4.78 is 4.93. The molecule has 6 heteroatoms. The second-order valence-electron chi connectivity index (χ2n) is 8.60. The zero-order valence-corrected chi connectivity index (χ0v) is 20.2. The van der Waals surface area contributed by atoms with Crippen molar-refractivity contribution in [1.82, 2.24) is 4.90 Å². The third-order valence-electron chi connectivity index (χ3n) is 6.40. The molecule has 0 saturated carbocycles. The molecule has 0 aromatic heterocycles. The summed E-state index contributed by atoms with van der Waals surface area (Å²) in [4.78, 5) is 28.2. The molecule has 1 saturated heterocycles. The molecule has 1 fully saturated rings. The number of methoxy groups -OCH3 is 1. The van der Waals surface area contributed by atoms with Crippen LogP contribution < -0.4 is 0 Å². The van der Waals surface area contributed by atoms with E-state index in [4.69, 9.17) is 27.9 Å². The molecule has 0 N–H and O–H groups in total. The standard InChI is InChI=1S/C26H29Cl2NO3/c1-5-21(6-2)29-24(17-10-12-19(27)13-11-17)22(18-8-7-9-20(28)14-18)15-26(3,25(29)31)16-23(30)32-4/h5,7-14,21-22,24H,1,6,15-16H2,2-4H3. The summed E-state index contributed by atoms with van der Waals surface area (Å²) >= 11 is 12.5. The maximum atomic E-state index is 14.0.